The van der Waals surface area contributed by atoms with E-state index < -0.39 is 5.97 Å². The molecule has 0 amide bonds. The molecule has 0 bridgehead atoms. The van der Waals surface area contributed by atoms with Crippen LogP contribution in [0.5, 0.6) is 0 Å². The lowest BCUT2D eigenvalue weighted by atomic mass is 9.99. The first kappa shape index (κ1) is 13.1. The number of nitrogens with one attached hydrogen (secondary N) is 1. The average Bonchev–Trinajstić information content (AvgIpc) is 3.05. The molecule has 2 rings (SSSR count). The van der Waals surface area contributed by atoms with Crippen molar-refractivity contribution in [3.05, 3.63) is 23.7 Å². The van der Waals surface area contributed by atoms with Crippen LogP contribution in [-0.4, -0.2) is 30.3 Å². The number of esters is 1. The van der Waals surface area contributed by atoms with Crippen molar-refractivity contribution in [1.29, 1.82) is 0 Å². The molecule has 0 unspecified atom stereocenters. The summed E-state index contributed by atoms with van der Waals surface area (Å²) in [5, 5.41) is 12.8. The molecule has 1 aliphatic rings. The maximum absolute atomic E-state index is 11.2. The van der Waals surface area contributed by atoms with Gasteiger partial charge in [-0.3, -0.25) is 0 Å². The summed E-state index contributed by atoms with van der Waals surface area (Å²) in [4.78, 5) is 11.2. The van der Waals surface area contributed by atoms with Crippen molar-refractivity contribution in [3.63, 3.8) is 0 Å². The van der Waals surface area contributed by atoms with Crippen molar-refractivity contribution in [2.75, 3.05) is 13.7 Å². The molecule has 1 heterocycles. The Labute approximate surface area is 106 Å². The van der Waals surface area contributed by atoms with E-state index in [2.05, 4.69) is 10.1 Å². The summed E-state index contributed by atoms with van der Waals surface area (Å²) in [5.74, 6) is 0.410. The van der Waals surface area contributed by atoms with Gasteiger partial charge in [-0.05, 0) is 25.0 Å². The van der Waals surface area contributed by atoms with Gasteiger partial charge >= 0.3 is 5.97 Å². The van der Waals surface area contributed by atoms with Crippen LogP contribution in [0, 0.1) is 0 Å². The van der Waals surface area contributed by atoms with Gasteiger partial charge in [-0.15, -0.1) is 0 Å². The second-order valence-electron chi connectivity index (χ2n) is 4.76. The number of carbonyl (C=O) groups is 1. The molecule has 0 aromatic carbocycles. The number of methoxy groups -OCH3 is 1. The normalized spacial score (nSPS) is 17.9. The summed E-state index contributed by atoms with van der Waals surface area (Å²) < 4.78 is 9.94. The average molecular weight is 253 g/mol. The van der Waals surface area contributed by atoms with Crippen LogP contribution in [0.4, 0.5) is 0 Å². The van der Waals surface area contributed by atoms with Crippen LogP contribution in [0.25, 0.3) is 0 Å². The zero-order valence-corrected chi connectivity index (χ0v) is 10.6. The van der Waals surface area contributed by atoms with E-state index in [0.29, 0.717) is 12.3 Å². The second-order valence-corrected chi connectivity index (χ2v) is 4.76. The van der Waals surface area contributed by atoms with Crippen molar-refractivity contribution in [2.24, 2.45) is 0 Å². The van der Waals surface area contributed by atoms with Gasteiger partial charge in [0.1, 0.15) is 5.76 Å². The third-order valence-electron chi connectivity index (χ3n) is 3.55. The zero-order valence-electron chi connectivity index (χ0n) is 10.6. The van der Waals surface area contributed by atoms with Gasteiger partial charge in [-0.1, -0.05) is 12.8 Å². The van der Waals surface area contributed by atoms with Crippen molar-refractivity contribution < 1.29 is 19.1 Å². The molecule has 2 N–H and O–H groups in total. The van der Waals surface area contributed by atoms with Crippen molar-refractivity contribution in [1.82, 2.24) is 5.32 Å². The SMILES string of the molecule is COC(=O)c1ccc(CNC2(CO)CCCC2)o1. The van der Waals surface area contributed by atoms with Gasteiger partial charge in [0.2, 0.25) is 5.76 Å². The molecule has 5 nitrogen and oxygen atoms in total. The third-order valence-corrected chi connectivity index (χ3v) is 3.55. The van der Waals surface area contributed by atoms with E-state index in [1.807, 2.05) is 0 Å². The quantitative estimate of drug-likeness (QED) is 0.777. The smallest absolute Gasteiger partial charge is 0.373 e. The van der Waals surface area contributed by atoms with Gasteiger partial charge in [-0.25, -0.2) is 4.79 Å². The number of aliphatic hydroxyl groups is 1. The monoisotopic (exact) mass is 253 g/mol. The van der Waals surface area contributed by atoms with Crippen LogP contribution in [0.2, 0.25) is 0 Å². The maximum Gasteiger partial charge on any atom is 0.373 e. The van der Waals surface area contributed by atoms with Gasteiger partial charge in [0.15, 0.2) is 0 Å². The topological polar surface area (TPSA) is 71.7 Å². The minimum atomic E-state index is -0.473. The first-order chi connectivity index (χ1) is 8.69. The Morgan fingerprint density at radius 1 is 1.50 bits per heavy atom. The fourth-order valence-electron chi connectivity index (χ4n) is 2.40. The third kappa shape index (κ3) is 2.73. The number of hydrogen-bond donors (Lipinski definition) is 2. The van der Waals surface area contributed by atoms with Gasteiger partial charge in [0.25, 0.3) is 0 Å². The molecule has 18 heavy (non-hydrogen) atoms. The Morgan fingerprint density at radius 3 is 2.83 bits per heavy atom. The van der Waals surface area contributed by atoms with E-state index in [1.54, 1.807) is 12.1 Å². The number of rotatable bonds is 5. The highest BCUT2D eigenvalue weighted by Crippen LogP contribution is 2.29. The minimum absolute atomic E-state index is 0.136. The lowest BCUT2D eigenvalue weighted by Crippen LogP contribution is -2.45. The molecule has 0 radical (unpaired) electrons. The van der Waals surface area contributed by atoms with E-state index in [0.717, 1.165) is 25.7 Å². The molecular formula is C13H19NO4. The molecule has 1 saturated carbocycles. The minimum Gasteiger partial charge on any atom is -0.463 e. The lowest BCUT2D eigenvalue weighted by molar-refractivity contribution is 0.0562. The highest BCUT2D eigenvalue weighted by molar-refractivity contribution is 5.86. The standard InChI is InChI=1S/C13H19NO4/c1-17-12(16)11-5-4-10(18-11)8-14-13(9-15)6-2-3-7-13/h4-5,14-15H,2-3,6-9H2,1H3. The summed E-state index contributed by atoms with van der Waals surface area (Å²) in [7, 11) is 1.32. The van der Waals surface area contributed by atoms with Crippen LogP contribution >= 0.6 is 0 Å². The van der Waals surface area contributed by atoms with Crippen molar-refractivity contribution in [3.8, 4) is 0 Å². The predicted octanol–water partition coefficient (Wildman–Crippen LogP) is 1.46. The highest BCUT2D eigenvalue weighted by Gasteiger charge is 2.32. The van der Waals surface area contributed by atoms with Crippen molar-refractivity contribution >= 4 is 5.97 Å². The van der Waals surface area contributed by atoms with Gasteiger partial charge in [-0.2, -0.15) is 0 Å². The van der Waals surface area contributed by atoms with Crippen LogP contribution in [0.15, 0.2) is 16.5 Å². The Balaban J connectivity index is 1.93. The highest BCUT2D eigenvalue weighted by atomic mass is 16.5. The number of furan rings is 1. The molecule has 0 saturated heterocycles. The molecule has 0 spiro atoms. The molecule has 0 atom stereocenters. The second kappa shape index (κ2) is 5.54. The Bertz CT molecular complexity index is 407. The molecule has 5 heteroatoms. The van der Waals surface area contributed by atoms with Crippen LogP contribution in [0.1, 0.15) is 42.0 Å². The lowest BCUT2D eigenvalue weighted by Gasteiger charge is -2.27. The van der Waals surface area contributed by atoms with E-state index in [4.69, 9.17) is 4.42 Å². The van der Waals surface area contributed by atoms with Gasteiger partial charge in [0.05, 0.1) is 20.3 Å². The summed E-state index contributed by atoms with van der Waals surface area (Å²) in [6.07, 6.45) is 4.24. The van der Waals surface area contributed by atoms with Crippen LogP contribution in [0.3, 0.4) is 0 Å². The molecule has 1 aliphatic carbocycles. The summed E-state index contributed by atoms with van der Waals surface area (Å²) >= 11 is 0. The summed E-state index contributed by atoms with van der Waals surface area (Å²) in [6.45, 7) is 0.648. The first-order valence-electron chi connectivity index (χ1n) is 6.22. The van der Waals surface area contributed by atoms with Gasteiger partial charge in [0, 0.05) is 5.54 Å². The zero-order chi connectivity index (χ0) is 13.0. The van der Waals surface area contributed by atoms with Crippen LogP contribution < -0.4 is 5.32 Å². The number of aliphatic hydroxyl groups excluding tert-OH is 1. The fraction of sp³-hybridized carbons (Fsp3) is 0.615. The molecule has 100 valence electrons. The maximum atomic E-state index is 11.2. The summed E-state index contributed by atoms with van der Waals surface area (Å²) in [5.41, 5.74) is -0.182. The first-order valence-corrected chi connectivity index (χ1v) is 6.22. The largest absolute Gasteiger partial charge is 0.463 e. The predicted molar refractivity (Wildman–Crippen MR) is 65.2 cm³/mol. The van der Waals surface area contributed by atoms with E-state index >= 15 is 0 Å². The van der Waals surface area contributed by atoms with E-state index in [1.165, 1.54) is 7.11 Å². The molecule has 1 fully saturated rings. The van der Waals surface area contributed by atoms with Crippen molar-refractivity contribution in [2.45, 2.75) is 37.8 Å². The Morgan fingerprint density at radius 2 is 2.22 bits per heavy atom. The molecule has 1 aromatic rings. The fourth-order valence-corrected chi connectivity index (χ4v) is 2.40. The van der Waals surface area contributed by atoms with E-state index in [-0.39, 0.29) is 17.9 Å². The molecule has 1 aromatic heterocycles. The van der Waals surface area contributed by atoms with E-state index in [9.17, 15) is 9.90 Å². The Kier molecular flexibility index (Phi) is 4.04. The number of hydrogen-bond acceptors (Lipinski definition) is 5. The molecular weight excluding hydrogens is 234 g/mol. The molecule has 0 aliphatic heterocycles. The Hall–Kier alpha value is -1.33. The summed E-state index contributed by atoms with van der Waals surface area (Å²) in [6, 6.07) is 3.35. The van der Waals surface area contributed by atoms with Crippen LogP contribution in [-0.2, 0) is 11.3 Å². The van der Waals surface area contributed by atoms with Gasteiger partial charge < -0.3 is 19.6 Å². The number of carbonyl (C=O) groups excluding carboxylic acids is 1. The number of ether oxygens (including phenoxy) is 1.